The van der Waals surface area contributed by atoms with Gasteiger partial charge < -0.3 is 30.1 Å². The van der Waals surface area contributed by atoms with Crippen LogP contribution in [0.2, 0.25) is 0 Å². The summed E-state index contributed by atoms with van der Waals surface area (Å²) in [6.45, 7) is 5.38. The van der Waals surface area contributed by atoms with Crippen molar-refractivity contribution in [2.24, 2.45) is 5.92 Å². The third-order valence-corrected chi connectivity index (χ3v) is 6.98. The Kier molecular flexibility index (Phi) is 9.57. The molecule has 4 rings (SSSR count). The number of carbonyl (C=O) groups excluding carboxylic acids is 2. The summed E-state index contributed by atoms with van der Waals surface area (Å²) in [5, 5.41) is 15.6. The van der Waals surface area contributed by atoms with Crippen LogP contribution in [0.5, 0.6) is 11.5 Å². The number of benzene rings is 2. The molecule has 2 heterocycles. The Morgan fingerprint density at radius 3 is 2.58 bits per heavy atom. The minimum atomic E-state index is -0.475. The third kappa shape index (κ3) is 7.08. The fraction of sp³-hybridized carbons (Fsp3) is 0.367. The molecule has 3 atom stereocenters. The predicted octanol–water partition coefficient (Wildman–Crippen LogP) is 4.09. The van der Waals surface area contributed by atoms with Crippen LogP contribution in [0.25, 0.3) is 0 Å². The Hall–Kier alpha value is -4.15. The van der Waals surface area contributed by atoms with Crippen LogP contribution in [0.4, 0.5) is 16.2 Å². The first-order chi connectivity index (χ1) is 19.3. The standard InChI is InChI=1S/C30H37N5O5/c1-20-16-35(21(2)19-36)29(37)25-6-5-7-26(33-30(38)32-23-8-10-24(39-4)11-9-23)28(25)40-27(20)18-34(3)17-22-12-14-31-15-13-22/h5-15,20-21,27,36H,16-19H2,1-4H3,(H2,32,33,38)/t20-,21-,27-/m1/s1. The van der Waals surface area contributed by atoms with Crippen molar-refractivity contribution >= 4 is 23.3 Å². The SMILES string of the molecule is COc1ccc(NC(=O)Nc2cccc3c2O[C@H](CN(C)Cc2ccncc2)[C@H](C)CN([C@H](C)CO)C3=O)cc1. The highest BCUT2D eigenvalue weighted by atomic mass is 16.5. The average Bonchev–Trinajstić information content (AvgIpc) is 2.95. The number of aliphatic hydroxyl groups is 1. The summed E-state index contributed by atoms with van der Waals surface area (Å²) in [5.74, 6) is 0.665. The normalized spacial score (nSPS) is 17.8. The van der Waals surface area contributed by atoms with Crippen molar-refractivity contribution in [3.63, 3.8) is 0 Å². The van der Waals surface area contributed by atoms with Crippen LogP contribution in [-0.4, -0.2) is 77.8 Å². The first-order valence-corrected chi connectivity index (χ1v) is 13.3. The predicted molar refractivity (Wildman–Crippen MR) is 154 cm³/mol. The molecule has 10 heteroatoms. The van der Waals surface area contributed by atoms with E-state index < -0.39 is 6.03 Å². The summed E-state index contributed by atoms with van der Waals surface area (Å²) in [6, 6.07) is 15.2. The number of likely N-dealkylation sites (N-methyl/N-ethyl adjacent to an activating group) is 1. The van der Waals surface area contributed by atoms with Gasteiger partial charge in [0.1, 0.15) is 11.9 Å². The van der Waals surface area contributed by atoms with Gasteiger partial charge in [0.2, 0.25) is 0 Å². The van der Waals surface area contributed by atoms with E-state index >= 15 is 0 Å². The Morgan fingerprint density at radius 1 is 1.18 bits per heavy atom. The molecule has 0 aliphatic carbocycles. The summed E-state index contributed by atoms with van der Waals surface area (Å²) in [7, 11) is 3.59. The van der Waals surface area contributed by atoms with Gasteiger partial charge in [-0.15, -0.1) is 0 Å². The molecule has 10 nitrogen and oxygen atoms in total. The molecule has 212 valence electrons. The molecular weight excluding hydrogens is 510 g/mol. The molecule has 40 heavy (non-hydrogen) atoms. The van der Waals surface area contributed by atoms with Gasteiger partial charge in [-0.2, -0.15) is 0 Å². The molecular formula is C30H37N5O5. The number of pyridine rings is 1. The number of fused-ring (bicyclic) bond motifs is 1. The number of urea groups is 1. The van der Waals surface area contributed by atoms with E-state index in [1.807, 2.05) is 33.0 Å². The fourth-order valence-electron chi connectivity index (χ4n) is 4.69. The lowest BCUT2D eigenvalue weighted by molar-refractivity contribution is 0.0343. The quantitative estimate of drug-likeness (QED) is 0.370. The number of aliphatic hydroxyl groups excluding tert-OH is 1. The molecule has 0 saturated heterocycles. The zero-order chi connectivity index (χ0) is 28.6. The second-order valence-corrected chi connectivity index (χ2v) is 10.2. The summed E-state index contributed by atoms with van der Waals surface area (Å²) in [4.78, 5) is 34.6. The maximum atomic E-state index is 13.7. The van der Waals surface area contributed by atoms with E-state index in [2.05, 4.69) is 20.5 Å². The zero-order valence-electron chi connectivity index (χ0n) is 23.3. The van der Waals surface area contributed by atoms with E-state index in [1.54, 1.807) is 66.9 Å². The monoisotopic (exact) mass is 547 g/mol. The molecule has 0 fully saturated rings. The van der Waals surface area contributed by atoms with E-state index in [4.69, 9.17) is 9.47 Å². The number of anilines is 2. The lowest BCUT2D eigenvalue weighted by atomic mass is 9.99. The Labute approximate surface area is 234 Å². The lowest BCUT2D eigenvalue weighted by Crippen LogP contribution is -2.49. The van der Waals surface area contributed by atoms with Crippen LogP contribution >= 0.6 is 0 Å². The number of carbonyl (C=O) groups is 2. The van der Waals surface area contributed by atoms with Crippen molar-refractivity contribution in [2.45, 2.75) is 32.5 Å². The van der Waals surface area contributed by atoms with Crippen molar-refractivity contribution in [3.05, 3.63) is 78.1 Å². The average molecular weight is 548 g/mol. The van der Waals surface area contributed by atoms with Crippen molar-refractivity contribution in [3.8, 4) is 11.5 Å². The highest BCUT2D eigenvalue weighted by Crippen LogP contribution is 2.35. The van der Waals surface area contributed by atoms with Gasteiger partial charge in [-0.25, -0.2) is 4.79 Å². The summed E-state index contributed by atoms with van der Waals surface area (Å²) in [6.07, 6.45) is 3.23. The van der Waals surface area contributed by atoms with Crippen LogP contribution in [0.3, 0.4) is 0 Å². The van der Waals surface area contributed by atoms with Gasteiger partial charge in [0, 0.05) is 43.6 Å². The molecule has 0 saturated carbocycles. The Bertz CT molecular complexity index is 1290. The minimum Gasteiger partial charge on any atom is -0.497 e. The maximum absolute atomic E-state index is 13.7. The Balaban J connectivity index is 1.61. The Morgan fingerprint density at radius 2 is 1.90 bits per heavy atom. The summed E-state index contributed by atoms with van der Waals surface area (Å²) >= 11 is 0. The van der Waals surface area contributed by atoms with Crippen LogP contribution in [0, 0.1) is 5.92 Å². The van der Waals surface area contributed by atoms with Gasteiger partial charge in [0.25, 0.3) is 5.91 Å². The number of nitrogens with zero attached hydrogens (tertiary/aromatic N) is 3. The number of nitrogens with one attached hydrogen (secondary N) is 2. The zero-order valence-corrected chi connectivity index (χ0v) is 23.3. The van der Waals surface area contributed by atoms with E-state index in [9.17, 15) is 14.7 Å². The maximum Gasteiger partial charge on any atom is 0.323 e. The fourth-order valence-corrected chi connectivity index (χ4v) is 4.69. The van der Waals surface area contributed by atoms with E-state index in [0.717, 1.165) is 5.56 Å². The molecule has 3 amide bonds. The molecule has 1 aromatic heterocycles. The van der Waals surface area contributed by atoms with Gasteiger partial charge in [-0.1, -0.05) is 13.0 Å². The van der Waals surface area contributed by atoms with E-state index in [1.165, 1.54) is 0 Å². The van der Waals surface area contributed by atoms with Gasteiger partial charge in [0.15, 0.2) is 5.75 Å². The van der Waals surface area contributed by atoms with Crippen LogP contribution in [-0.2, 0) is 6.54 Å². The molecule has 1 aliphatic heterocycles. The second-order valence-electron chi connectivity index (χ2n) is 10.2. The topological polar surface area (TPSA) is 116 Å². The lowest BCUT2D eigenvalue weighted by Gasteiger charge is -2.38. The number of hydrogen-bond donors (Lipinski definition) is 3. The van der Waals surface area contributed by atoms with Crippen LogP contribution in [0.15, 0.2) is 67.0 Å². The van der Waals surface area contributed by atoms with Crippen molar-refractivity contribution in [1.82, 2.24) is 14.8 Å². The molecule has 3 N–H and O–H groups in total. The number of amides is 3. The summed E-state index contributed by atoms with van der Waals surface area (Å²) in [5.41, 5.74) is 2.42. The van der Waals surface area contributed by atoms with Crippen LogP contribution in [0.1, 0.15) is 29.8 Å². The number of para-hydroxylation sites is 1. The molecule has 0 unspecified atom stereocenters. The van der Waals surface area contributed by atoms with Gasteiger partial charge >= 0.3 is 6.03 Å². The van der Waals surface area contributed by atoms with E-state index in [-0.39, 0.29) is 30.6 Å². The number of rotatable bonds is 9. The molecule has 0 radical (unpaired) electrons. The smallest absolute Gasteiger partial charge is 0.323 e. The number of ether oxygens (including phenoxy) is 2. The first kappa shape index (κ1) is 28.8. The van der Waals surface area contributed by atoms with Gasteiger partial charge in [-0.3, -0.25) is 14.7 Å². The van der Waals surface area contributed by atoms with Crippen LogP contribution < -0.4 is 20.1 Å². The molecule has 1 aliphatic rings. The highest BCUT2D eigenvalue weighted by molar-refractivity contribution is 6.04. The van der Waals surface area contributed by atoms with Crippen molar-refractivity contribution in [1.29, 1.82) is 0 Å². The second kappa shape index (κ2) is 13.3. The molecule has 0 bridgehead atoms. The van der Waals surface area contributed by atoms with Crippen molar-refractivity contribution < 1.29 is 24.2 Å². The largest absolute Gasteiger partial charge is 0.497 e. The van der Waals surface area contributed by atoms with Crippen molar-refractivity contribution in [2.75, 3.05) is 44.5 Å². The number of methoxy groups -OCH3 is 1. The molecule has 2 aromatic carbocycles. The minimum absolute atomic E-state index is 0.0628. The molecule has 0 spiro atoms. The number of hydrogen-bond acceptors (Lipinski definition) is 7. The third-order valence-electron chi connectivity index (χ3n) is 6.98. The molecule has 3 aromatic rings. The summed E-state index contributed by atoms with van der Waals surface area (Å²) < 4.78 is 11.8. The van der Waals surface area contributed by atoms with Gasteiger partial charge in [0.05, 0.1) is 31.0 Å². The number of aromatic nitrogens is 1. The van der Waals surface area contributed by atoms with Gasteiger partial charge in [-0.05, 0) is 68.1 Å². The van der Waals surface area contributed by atoms with E-state index in [0.29, 0.717) is 48.1 Å². The first-order valence-electron chi connectivity index (χ1n) is 13.3. The highest BCUT2D eigenvalue weighted by Gasteiger charge is 2.34.